The lowest BCUT2D eigenvalue weighted by Gasteiger charge is -2.08. The Bertz CT molecular complexity index is 643. The average molecular weight is 316 g/mol. The van der Waals surface area contributed by atoms with Crippen molar-refractivity contribution in [3.8, 4) is 0 Å². The summed E-state index contributed by atoms with van der Waals surface area (Å²) in [4.78, 5) is 35.8. The van der Waals surface area contributed by atoms with Gasteiger partial charge in [-0.15, -0.1) is 0 Å². The zero-order valence-electron chi connectivity index (χ0n) is 11.4. The first-order valence-corrected chi connectivity index (χ1v) is 6.10. The van der Waals surface area contributed by atoms with Crippen LogP contribution in [0.2, 0.25) is 0 Å². The molecule has 0 aliphatic carbocycles. The molecule has 2 rings (SSSR count). The van der Waals surface area contributed by atoms with E-state index < -0.39 is 37.1 Å². The maximum atomic E-state index is 11.9. The van der Waals surface area contributed by atoms with Gasteiger partial charge in [0.05, 0.1) is 11.1 Å². The average Bonchev–Trinajstić information content (AvgIpc) is 2.62. The van der Waals surface area contributed by atoms with Crippen molar-refractivity contribution in [1.82, 2.24) is 4.90 Å². The van der Waals surface area contributed by atoms with Gasteiger partial charge in [0.2, 0.25) is 5.91 Å². The molecular weight excluding hydrogens is 305 g/mol. The van der Waals surface area contributed by atoms with Gasteiger partial charge in [0, 0.05) is 12.7 Å². The smallest absolute Gasteiger partial charge is 0.362 e. The first kappa shape index (κ1) is 16.0. The number of ether oxygens (including phenoxy) is 1. The molecule has 1 aliphatic rings. The lowest BCUT2D eigenvalue weighted by atomic mass is 10.1. The summed E-state index contributed by atoms with van der Waals surface area (Å²) in [5, 5.41) is 2.29. The Kier molecular flexibility index (Phi) is 4.18. The number of halogens is 3. The zero-order valence-corrected chi connectivity index (χ0v) is 11.4. The number of nitrogens with zero attached hydrogens (tertiary/aromatic N) is 1. The summed E-state index contributed by atoms with van der Waals surface area (Å²) in [5.41, 5.74) is 0.524. The molecule has 0 spiro atoms. The predicted molar refractivity (Wildman–Crippen MR) is 68.4 cm³/mol. The van der Waals surface area contributed by atoms with Gasteiger partial charge in [-0.05, 0) is 18.2 Å². The number of carbonyl (C=O) groups excluding carboxylic acids is 3. The van der Waals surface area contributed by atoms with E-state index in [0.29, 0.717) is 0 Å². The van der Waals surface area contributed by atoms with Gasteiger partial charge >= 0.3 is 6.18 Å². The zero-order chi connectivity index (χ0) is 16.5. The van der Waals surface area contributed by atoms with E-state index in [1.807, 2.05) is 0 Å². The number of benzene rings is 1. The first-order chi connectivity index (χ1) is 10.2. The molecule has 1 N–H and O–H groups in total. The number of nitrogens with one attached hydrogen (secondary N) is 1. The summed E-state index contributed by atoms with van der Waals surface area (Å²) in [6.07, 6.45) is -4.51. The number of amides is 3. The van der Waals surface area contributed by atoms with E-state index in [4.69, 9.17) is 0 Å². The summed E-state index contributed by atoms with van der Waals surface area (Å²) in [6.45, 7) is -2.30. The Morgan fingerprint density at radius 2 is 1.86 bits per heavy atom. The fourth-order valence-electron chi connectivity index (χ4n) is 1.90. The lowest BCUT2D eigenvalue weighted by Crippen LogP contribution is -2.24. The van der Waals surface area contributed by atoms with Crippen molar-refractivity contribution in [2.24, 2.45) is 0 Å². The van der Waals surface area contributed by atoms with Crippen molar-refractivity contribution >= 4 is 23.4 Å². The van der Waals surface area contributed by atoms with Crippen LogP contribution in [0.25, 0.3) is 0 Å². The molecule has 0 bridgehead atoms. The van der Waals surface area contributed by atoms with Gasteiger partial charge in [0.1, 0.15) is 13.2 Å². The van der Waals surface area contributed by atoms with E-state index >= 15 is 0 Å². The number of hydrogen-bond acceptors (Lipinski definition) is 4. The molecule has 0 atom stereocenters. The summed E-state index contributed by atoms with van der Waals surface area (Å²) in [7, 11) is 1.33. The van der Waals surface area contributed by atoms with Crippen molar-refractivity contribution in [1.29, 1.82) is 0 Å². The van der Waals surface area contributed by atoms with Crippen molar-refractivity contribution in [2.45, 2.75) is 6.18 Å². The SMILES string of the molecule is CN1C(=O)c2ccc(NC(=O)COCC(F)(F)F)cc2C1=O. The first-order valence-electron chi connectivity index (χ1n) is 6.10. The molecule has 1 aromatic rings. The Hall–Kier alpha value is -2.42. The van der Waals surface area contributed by atoms with E-state index in [1.54, 1.807) is 0 Å². The largest absolute Gasteiger partial charge is 0.411 e. The van der Waals surface area contributed by atoms with Crippen LogP contribution in [0.5, 0.6) is 0 Å². The van der Waals surface area contributed by atoms with Crippen LogP contribution < -0.4 is 5.32 Å². The highest BCUT2D eigenvalue weighted by atomic mass is 19.4. The molecule has 0 unspecified atom stereocenters. The van der Waals surface area contributed by atoms with Crippen molar-refractivity contribution in [3.63, 3.8) is 0 Å². The molecule has 0 radical (unpaired) electrons. The summed E-state index contributed by atoms with van der Waals surface area (Å²) in [6, 6.07) is 4.04. The summed E-state index contributed by atoms with van der Waals surface area (Å²) < 4.78 is 39.8. The Labute approximate surface area is 122 Å². The quantitative estimate of drug-likeness (QED) is 0.853. The minimum Gasteiger partial charge on any atom is -0.362 e. The number of rotatable bonds is 4. The molecule has 0 saturated carbocycles. The normalized spacial score (nSPS) is 14.3. The van der Waals surface area contributed by atoms with Gasteiger partial charge < -0.3 is 10.1 Å². The molecule has 0 saturated heterocycles. The number of hydrogen-bond donors (Lipinski definition) is 1. The van der Waals surface area contributed by atoms with Gasteiger partial charge in [-0.3, -0.25) is 19.3 Å². The van der Waals surface area contributed by atoms with Crippen LogP contribution in [0.15, 0.2) is 18.2 Å². The highest BCUT2D eigenvalue weighted by Gasteiger charge is 2.33. The topological polar surface area (TPSA) is 75.7 Å². The van der Waals surface area contributed by atoms with Crippen LogP contribution in [0, 0.1) is 0 Å². The number of imide groups is 1. The summed E-state index contributed by atoms with van der Waals surface area (Å²) in [5.74, 6) is -1.76. The number of fused-ring (bicyclic) bond motifs is 1. The van der Waals surface area contributed by atoms with E-state index in [0.717, 1.165) is 4.90 Å². The van der Waals surface area contributed by atoms with Gasteiger partial charge in [-0.1, -0.05) is 0 Å². The van der Waals surface area contributed by atoms with E-state index in [2.05, 4.69) is 10.1 Å². The van der Waals surface area contributed by atoms with E-state index in [-0.39, 0.29) is 16.8 Å². The third-order valence-corrected chi connectivity index (χ3v) is 2.87. The lowest BCUT2D eigenvalue weighted by molar-refractivity contribution is -0.174. The van der Waals surface area contributed by atoms with Crippen molar-refractivity contribution < 1.29 is 32.3 Å². The molecule has 1 heterocycles. The number of carbonyl (C=O) groups is 3. The van der Waals surface area contributed by atoms with Gasteiger partial charge in [0.15, 0.2) is 0 Å². The fraction of sp³-hybridized carbons (Fsp3) is 0.308. The molecule has 22 heavy (non-hydrogen) atoms. The van der Waals surface area contributed by atoms with Crippen LogP contribution in [0.3, 0.4) is 0 Å². The molecular formula is C13H11F3N2O4. The van der Waals surface area contributed by atoms with Crippen molar-refractivity contribution in [3.05, 3.63) is 29.3 Å². The Morgan fingerprint density at radius 1 is 1.23 bits per heavy atom. The molecule has 9 heteroatoms. The van der Waals surface area contributed by atoms with Crippen LogP contribution in [-0.4, -0.2) is 49.1 Å². The Balaban J connectivity index is 1.99. The van der Waals surface area contributed by atoms with Gasteiger partial charge in [-0.25, -0.2) is 0 Å². The van der Waals surface area contributed by atoms with Crippen LogP contribution in [0.4, 0.5) is 18.9 Å². The number of anilines is 1. The second-order valence-electron chi connectivity index (χ2n) is 4.59. The third-order valence-electron chi connectivity index (χ3n) is 2.87. The van der Waals surface area contributed by atoms with Crippen LogP contribution >= 0.6 is 0 Å². The predicted octanol–water partition coefficient (Wildman–Crippen LogP) is 1.43. The van der Waals surface area contributed by atoms with E-state index in [1.165, 1.54) is 25.2 Å². The summed E-state index contributed by atoms with van der Waals surface area (Å²) >= 11 is 0. The van der Waals surface area contributed by atoms with Crippen molar-refractivity contribution in [2.75, 3.05) is 25.6 Å². The van der Waals surface area contributed by atoms with Gasteiger partial charge in [-0.2, -0.15) is 13.2 Å². The molecule has 118 valence electrons. The minimum atomic E-state index is -4.51. The van der Waals surface area contributed by atoms with Crippen LogP contribution in [0.1, 0.15) is 20.7 Å². The monoisotopic (exact) mass is 316 g/mol. The highest BCUT2D eigenvalue weighted by Crippen LogP contribution is 2.24. The fourth-order valence-corrected chi connectivity index (χ4v) is 1.90. The number of alkyl halides is 3. The maximum absolute atomic E-state index is 11.9. The molecule has 6 nitrogen and oxygen atoms in total. The molecule has 0 aromatic heterocycles. The molecule has 1 aromatic carbocycles. The maximum Gasteiger partial charge on any atom is 0.411 e. The Morgan fingerprint density at radius 3 is 2.50 bits per heavy atom. The standard InChI is InChI=1S/C13H11F3N2O4/c1-18-11(20)8-3-2-7(4-9(8)12(18)21)17-10(19)5-22-6-13(14,15)16/h2-4H,5-6H2,1H3,(H,17,19). The van der Waals surface area contributed by atoms with Crippen LogP contribution in [-0.2, 0) is 9.53 Å². The molecule has 1 aliphatic heterocycles. The third kappa shape index (κ3) is 3.42. The molecule has 0 fully saturated rings. The second kappa shape index (κ2) is 5.76. The van der Waals surface area contributed by atoms with E-state index in [9.17, 15) is 27.6 Å². The second-order valence-corrected chi connectivity index (χ2v) is 4.59. The molecule has 3 amide bonds. The van der Waals surface area contributed by atoms with Gasteiger partial charge in [0.25, 0.3) is 11.8 Å². The highest BCUT2D eigenvalue weighted by molar-refractivity contribution is 6.21. The minimum absolute atomic E-state index is 0.126.